The lowest BCUT2D eigenvalue weighted by Gasteiger charge is -2.20. The first-order chi connectivity index (χ1) is 14.8. The average Bonchev–Trinajstić information content (AvgIpc) is 3.07. The number of hydrogen-bond donors (Lipinski definition) is 2. The maximum atomic E-state index is 13.0. The zero-order valence-electron chi connectivity index (χ0n) is 17.3. The SMILES string of the molecule is CCOC(=O)c1c(NC(=O)C2CCCCC2)sc(C(=O)Nc2cc(Cl)ccc2Cl)c1C. The van der Waals surface area contributed by atoms with Gasteiger partial charge in [-0.05, 0) is 50.5 Å². The van der Waals surface area contributed by atoms with Crippen LogP contribution in [0.15, 0.2) is 18.2 Å². The summed E-state index contributed by atoms with van der Waals surface area (Å²) in [5.74, 6) is -1.24. The molecule has 2 amide bonds. The lowest BCUT2D eigenvalue weighted by molar-refractivity contribution is -0.120. The lowest BCUT2D eigenvalue weighted by atomic mass is 9.89. The Morgan fingerprint density at radius 1 is 1.13 bits per heavy atom. The molecule has 1 heterocycles. The molecule has 1 aliphatic carbocycles. The number of ether oxygens (including phenoxy) is 1. The zero-order valence-corrected chi connectivity index (χ0v) is 19.7. The molecule has 1 aromatic heterocycles. The van der Waals surface area contributed by atoms with Gasteiger partial charge in [-0.1, -0.05) is 42.5 Å². The number of hydrogen-bond acceptors (Lipinski definition) is 5. The van der Waals surface area contributed by atoms with E-state index in [-0.39, 0.29) is 28.9 Å². The van der Waals surface area contributed by atoms with E-state index >= 15 is 0 Å². The first kappa shape index (κ1) is 23.6. The molecule has 1 aromatic carbocycles. The predicted molar refractivity (Wildman–Crippen MR) is 125 cm³/mol. The molecule has 0 aliphatic heterocycles. The highest BCUT2D eigenvalue weighted by Crippen LogP contribution is 2.36. The Morgan fingerprint density at radius 3 is 2.52 bits per heavy atom. The van der Waals surface area contributed by atoms with Gasteiger partial charge in [0.25, 0.3) is 5.91 Å². The first-order valence-corrected chi connectivity index (χ1v) is 11.8. The third-order valence-electron chi connectivity index (χ3n) is 5.22. The van der Waals surface area contributed by atoms with E-state index in [1.54, 1.807) is 32.0 Å². The van der Waals surface area contributed by atoms with Gasteiger partial charge < -0.3 is 15.4 Å². The second-order valence-electron chi connectivity index (χ2n) is 7.38. The molecule has 166 valence electrons. The highest BCUT2D eigenvalue weighted by Gasteiger charge is 2.29. The van der Waals surface area contributed by atoms with E-state index in [9.17, 15) is 14.4 Å². The monoisotopic (exact) mass is 482 g/mol. The number of amides is 2. The van der Waals surface area contributed by atoms with Gasteiger partial charge in [0.05, 0.1) is 27.8 Å². The molecule has 9 heteroatoms. The predicted octanol–water partition coefficient (Wildman–Crippen LogP) is 6.31. The molecule has 0 unspecified atom stereocenters. The number of nitrogens with one attached hydrogen (secondary N) is 2. The number of halogens is 2. The summed E-state index contributed by atoms with van der Waals surface area (Å²) in [6.45, 7) is 3.55. The van der Waals surface area contributed by atoms with Gasteiger partial charge in [-0.25, -0.2) is 4.79 Å². The molecule has 3 rings (SSSR count). The van der Waals surface area contributed by atoms with Crippen molar-refractivity contribution >= 4 is 63.0 Å². The van der Waals surface area contributed by atoms with Gasteiger partial charge >= 0.3 is 5.97 Å². The van der Waals surface area contributed by atoms with Crippen molar-refractivity contribution in [3.63, 3.8) is 0 Å². The van der Waals surface area contributed by atoms with Crippen LogP contribution in [0, 0.1) is 12.8 Å². The summed E-state index contributed by atoms with van der Waals surface area (Å²) in [6, 6.07) is 4.75. The summed E-state index contributed by atoms with van der Waals surface area (Å²) >= 11 is 13.2. The van der Waals surface area contributed by atoms with E-state index in [1.807, 2.05) is 0 Å². The minimum absolute atomic E-state index is 0.0891. The van der Waals surface area contributed by atoms with E-state index in [0.29, 0.717) is 26.3 Å². The second-order valence-corrected chi connectivity index (χ2v) is 9.25. The molecule has 0 bridgehead atoms. The van der Waals surface area contributed by atoms with Crippen LogP contribution in [0.4, 0.5) is 10.7 Å². The maximum absolute atomic E-state index is 13.0. The number of benzene rings is 1. The minimum atomic E-state index is -0.574. The third-order valence-corrected chi connectivity index (χ3v) is 6.99. The first-order valence-electron chi connectivity index (χ1n) is 10.2. The molecule has 2 aromatic rings. The van der Waals surface area contributed by atoms with Crippen molar-refractivity contribution < 1.29 is 19.1 Å². The van der Waals surface area contributed by atoms with Crippen LogP contribution in [-0.4, -0.2) is 24.4 Å². The smallest absolute Gasteiger partial charge is 0.341 e. The van der Waals surface area contributed by atoms with Gasteiger partial charge in [-0.3, -0.25) is 9.59 Å². The van der Waals surface area contributed by atoms with E-state index in [1.165, 1.54) is 0 Å². The van der Waals surface area contributed by atoms with Crippen LogP contribution < -0.4 is 10.6 Å². The summed E-state index contributed by atoms with van der Waals surface area (Å²) in [6.07, 6.45) is 4.81. The lowest BCUT2D eigenvalue weighted by Crippen LogP contribution is -2.25. The third kappa shape index (κ3) is 5.59. The fourth-order valence-corrected chi connectivity index (χ4v) is 5.05. The summed E-state index contributed by atoms with van der Waals surface area (Å²) in [5.41, 5.74) is 1.01. The fourth-order valence-electron chi connectivity index (χ4n) is 3.62. The number of rotatable bonds is 6. The quantitative estimate of drug-likeness (QED) is 0.472. The van der Waals surface area contributed by atoms with E-state index in [0.717, 1.165) is 43.4 Å². The number of carbonyl (C=O) groups excluding carboxylic acids is 3. The Bertz CT molecular complexity index is 1000. The zero-order chi connectivity index (χ0) is 22.5. The highest BCUT2D eigenvalue weighted by molar-refractivity contribution is 7.19. The van der Waals surface area contributed by atoms with Crippen molar-refractivity contribution in [2.75, 3.05) is 17.2 Å². The molecular formula is C22H24Cl2N2O4S. The second kappa shape index (κ2) is 10.5. The number of thiophene rings is 1. The van der Waals surface area contributed by atoms with Gasteiger partial charge in [0.1, 0.15) is 5.00 Å². The summed E-state index contributed by atoms with van der Waals surface area (Å²) < 4.78 is 5.17. The molecule has 0 radical (unpaired) electrons. The molecule has 1 aliphatic rings. The Morgan fingerprint density at radius 2 is 1.84 bits per heavy atom. The molecular weight excluding hydrogens is 459 g/mol. The van der Waals surface area contributed by atoms with Gasteiger partial charge in [0, 0.05) is 10.9 Å². The van der Waals surface area contributed by atoms with Crippen LogP contribution in [0.5, 0.6) is 0 Å². The van der Waals surface area contributed by atoms with Gasteiger partial charge in [-0.2, -0.15) is 0 Å². The van der Waals surface area contributed by atoms with E-state index in [2.05, 4.69) is 10.6 Å². The topological polar surface area (TPSA) is 84.5 Å². The molecule has 1 saturated carbocycles. The van der Waals surface area contributed by atoms with Crippen molar-refractivity contribution in [1.29, 1.82) is 0 Å². The molecule has 2 N–H and O–H groups in total. The summed E-state index contributed by atoms with van der Waals surface area (Å²) in [7, 11) is 0. The Balaban J connectivity index is 1.90. The molecule has 1 fully saturated rings. The average molecular weight is 483 g/mol. The maximum Gasteiger partial charge on any atom is 0.341 e. The van der Waals surface area contributed by atoms with Crippen LogP contribution >= 0.6 is 34.5 Å². The van der Waals surface area contributed by atoms with Gasteiger partial charge in [0.2, 0.25) is 5.91 Å². The molecule has 31 heavy (non-hydrogen) atoms. The number of carbonyl (C=O) groups is 3. The van der Waals surface area contributed by atoms with Crippen LogP contribution in [0.25, 0.3) is 0 Å². The normalized spacial score (nSPS) is 14.2. The fraction of sp³-hybridized carbons (Fsp3) is 0.409. The molecule has 0 saturated heterocycles. The number of esters is 1. The van der Waals surface area contributed by atoms with Crippen LogP contribution in [0.1, 0.15) is 64.6 Å². The summed E-state index contributed by atoms with van der Waals surface area (Å²) in [5, 5.41) is 6.69. The Kier molecular flexibility index (Phi) is 7.97. The van der Waals surface area contributed by atoms with Crippen molar-refractivity contribution in [2.45, 2.75) is 46.0 Å². The van der Waals surface area contributed by atoms with Crippen molar-refractivity contribution in [3.05, 3.63) is 44.2 Å². The Labute approximate surface area is 195 Å². The van der Waals surface area contributed by atoms with Gasteiger partial charge in [-0.15, -0.1) is 11.3 Å². The largest absolute Gasteiger partial charge is 0.462 e. The molecule has 0 spiro atoms. The van der Waals surface area contributed by atoms with Crippen molar-refractivity contribution in [2.24, 2.45) is 5.92 Å². The standard InChI is InChI=1S/C22H24Cl2N2O4S/c1-3-30-22(29)17-12(2)18(20(28)25-16-11-14(23)9-10-15(16)24)31-21(17)26-19(27)13-7-5-4-6-8-13/h9-11,13H,3-8H2,1-2H3,(H,25,28)(H,26,27). The van der Waals surface area contributed by atoms with E-state index in [4.69, 9.17) is 27.9 Å². The Hall–Kier alpha value is -2.09. The van der Waals surface area contributed by atoms with E-state index < -0.39 is 11.9 Å². The van der Waals surface area contributed by atoms with Crippen LogP contribution in [0.2, 0.25) is 10.0 Å². The highest BCUT2D eigenvalue weighted by atomic mass is 35.5. The molecule has 6 nitrogen and oxygen atoms in total. The van der Waals surface area contributed by atoms with Crippen LogP contribution in [0.3, 0.4) is 0 Å². The van der Waals surface area contributed by atoms with Crippen LogP contribution in [-0.2, 0) is 9.53 Å². The minimum Gasteiger partial charge on any atom is -0.462 e. The summed E-state index contributed by atoms with van der Waals surface area (Å²) in [4.78, 5) is 38.6. The van der Waals surface area contributed by atoms with Crippen molar-refractivity contribution in [1.82, 2.24) is 0 Å². The van der Waals surface area contributed by atoms with Gasteiger partial charge in [0.15, 0.2) is 0 Å². The number of anilines is 2. The molecule has 0 atom stereocenters. The van der Waals surface area contributed by atoms with Crippen molar-refractivity contribution in [3.8, 4) is 0 Å².